The molecule has 0 saturated carbocycles. The fraction of sp³-hybridized carbons (Fsp3) is 0.957. The summed E-state index contributed by atoms with van der Waals surface area (Å²) >= 11 is 8.74. The fourth-order valence-electron chi connectivity index (χ4n) is 3.31. The van der Waals surface area contributed by atoms with E-state index in [0.29, 0.717) is 37.9 Å². The number of unbranched alkanes of at least 4 members (excludes halogenated alkanes) is 1. The van der Waals surface area contributed by atoms with Gasteiger partial charge in [-0.15, -0.1) is 0 Å². The summed E-state index contributed by atoms with van der Waals surface area (Å²) in [7, 11) is 0. The molecular weight excluding hydrogens is 420 g/mol. The minimum Gasteiger partial charge on any atom is -0.460 e. The van der Waals surface area contributed by atoms with Crippen molar-refractivity contribution in [1.29, 1.82) is 0 Å². The highest BCUT2D eigenvalue weighted by atomic mass is 32.1. The first kappa shape index (κ1) is 28.1. The van der Waals surface area contributed by atoms with E-state index in [2.05, 4.69) is 39.1 Å². The summed E-state index contributed by atoms with van der Waals surface area (Å²) in [6, 6.07) is 0. The molecule has 1 saturated heterocycles. The summed E-state index contributed by atoms with van der Waals surface area (Å²) in [5.41, 5.74) is -0.797. The van der Waals surface area contributed by atoms with Crippen LogP contribution in [0.1, 0.15) is 85.5 Å². The topological polar surface area (TPSA) is 54.0 Å². The number of carbonyl (C=O) groups excluding carboxylic acids is 1. The van der Waals surface area contributed by atoms with Crippen LogP contribution < -0.4 is 0 Å². The molecule has 0 spiro atoms. The lowest BCUT2D eigenvalue weighted by Crippen LogP contribution is -2.33. The summed E-state index contributed by atoms with van der Waals surface area (Å²) < 4.78 is 23.0. The molecule has 2 atom stereocenters. The second-order valence-corrected chi connectivity index (χ2v) is 10.6. The van der Waals surface area contributed by atoms with Gasteiger partial charge in [0, 0.05) is 31.3 Å². The van der Waals surface area contributed by atoms with Crippen molar-refractivity contribution >= 4 is 31.2 Å². The van der Waals surface area contributed by atoms with Crippen LogP contribution in [-0.2, 0) is 23.7 Å². The van der Waals surface area contributed by atoms with Crippen molar-refractivity contribution in [3.05, 3.63) is 0 Å². The average Bonchev–Trinajstić information content (AvgIpc) is 3.15. The SMILES string of the molecule is CC(C)(CCOCC1CCCO1)OCCC(C)(C)OC(=O)CCCCC(S)CCS. The van der Waals surface area contributed by atoms with Crippen LogP contribution in [0.2, 0.25) is 0 Å². The fourth-order valence-corrected chi connectivity index (χ4v) is 4.13. The van der Waals surface area contributed by atoms with E-state index in [1.54, 1.807) is 0 Å². The van der Waals surface area contributed by atoms with Gasteiger partial charge in [-0.2, -0.15) is 25.3 Å². The predicted octanol–water partition coefficient (Wildman–Crippen LogP) is 5.26. The average molecular weight is 465 g/mol. The van der Waals surface area contributed by atoms with Crippen molar-refractivity contribution in [2.24, 2.45) is 0 Å². The molecule has 178 valence electrons. The molecule has 0 bridgehead atoms. The first-order valence-corrected chi connectivity index (χ1v) is 12.6. The van der Waals surface area contributed by atoms with Gasteiger partial charge in [-0.3, -0.25) is 4.79 Å². The maximum atomic E-state index is 12.2. The van der Waals surface area contributed by atoms with E-state index in [4.69, 9.17) is 18.9 Å². The minimum atomic E-state index is -0.526. The molecule has 1 aliphatic rings. The number of ether oxygens (including phenoxy) is 4. The Hall–Kier alpha value is 0.0500. The Morgan fingerprint density at radius 2 is 1.83 bits per heavy atom. The van der Waals surface area contributed by atoms with Crippen LogP contribution in [0.5, 0.6) is 0 Å². The highest BCUT2D eigenvalue weighted by Crippen LogP contribution is 2.21. The van der Waals surface area contributed by atoms with Crippen molar-refractivity contribution in [2.45, 2.75) is 108 Å². The Labute approximate surface area is 195 Å². The Kier molecular flexibility index (Phi) is 14.0. The molecule has 1 rings (SSSR count). The molecule has 1 aliphatic heterocycles. The first-order valence-electron chi connectivity index (χ1n) is 11.5. The highest BCUT2D eigenvalue weighted by Gasteiger charge is 2.25. The number of carbonyl (C=O) groups is 1. The van der Waals surface area contributed by atoms with Crippen LogP contribution in [0.3, 0.4) is 0 Å². The van der Waals surface area contributed by atoms with Crippen molar-refractivity contribution in [3.8, 4) is 0 Å². The van der Waals surface area contributed by atoms with Crippen LogP contribution >= 0.6 is 25.3 Å². The van der Waals surface area contributed by atoms with Gasteiger partial charge in [-0.05, 0) is 72.0 Å². The van der Waals surface area contributed by atoms with Crippen molar-refractivity contribution in [3.63, 3.8) is 0 Å². The number of rotatable bonds is 17. The van der Waals surface area contributed by atoms with Gasteiger partial charge in [-0.1, -0.05) is 6.42 Å². The first-order chi connectivity index (χ1) is 14.1. The smallest absolute Gasteiger partial charge is 0.306 e. The highest BCUT2D eigenvalue weighted by molar-refractivity contribution is 7.81. The van der Waals surface area contributed by atoms with Gasteiger partial charge in [0.25, 0.3) is 0 Å². The third-order valence-corrected chi connectivity index (χ3v) is 6.17. The molecule has 1 heterocycles. The van der Waals surface area contributed by atoms with Gasteiger partial charge in [0.2, 0.25) is 0 Å². The van der Waals surface area contributed by atoms with E-state index in [9.17, 15) is 4.79 Å². The summed E-state index contributed by atoms with van der Waals surface area (Å²) in [5, 5.41) is 0.372. The molecule has 2 unspecified atom stereocenters. The van der Waals surface area contributed by atoms with Crippen LogP contribution in [0, 0.1) is 0 Å². The monoisotopic (exact) mass is 464 g/mol. The molecule has 0 aromatic heterocycles. The number of esters is 1. The van der Waals surface area contributed by atoms with Gasteiger partial charge in [-0.25, -0.2) is 0 Å². The van der Waals surface area contributed by atoms with Gasteiger partial charge >= 0.3 is 5.97 Å². The summed E-state index contributed by atoms with van der Waals surface area (Å²) in [6.45, 7) is 10.8. The zero-order chi connectivity index (χ0) is 22.5. The normalized spacial score (nSPS) is 18.5. The number of hydrogen-bond acceptors (Lipinski definition) is 7. The maximum Gasteiger partial charge on any atom is 0.306 e. The predicted molar refractivity (Wildman–Crippen MR) is 129 cm³/mol. The molecule has 0 aliphatic carbocycles. The standard InChI is InChI=1S/C23H44O5S2/c1-22(2,12-15-25-18-19-8-7-14-26-19)27-16-13-23(3,4)28-21(24)10-6-5-9-20(30)11-17-29/h19-20,29-30H,5-18H2,1-4H3. The maximum absolute atomic E-state index is 12.2. The summed E-state index contributed by atoms with van der Waals surface area (Å²) in [5.74, 6) is 0.720. The molecule has 0 aromatic carbocycles. The van der Waals surface area contributed by atoms with E-state index in [1.165, 1.54) is 0 Å². The number of thiol groups is 2. The molecule has 30 heavy (non-hydrogen) atoms. The van der Waals surface area contributed by atoms with Gasteiger partial charge < -0.3 is 18.9 Å². The Balaban J connectivity index is 2.12. The summed E-state index contributed by atoms with van der Waals surface area (Å²) in [6.07, 6.45) is 8.28. The minimum absolute atomic E-state index is 0.133. The third-order valence-electron chi connectivity index (χ3n) is 5.39. The Morgan fingerprint density at radius 3 is 2.50 bits per heavy atom. The van der Waals surface area contributed by atoms with Gasteiger partial charge in [0.1, 0.15) is 5.60 Å². The molecule has 0 N–H and O–H groups in total. The second kappa shape index (κ2) is 15.0. The second-order valence-electron chi connectivity index (χ2n) is 9.46. The molecule has 0 amide bonds. The molecular formula is C23H44O5S2. The Morgan fingerprint density at radius 1 is 1.10 bits per heavy atom. The Bertz CT molecular complexity index is 465. The van der Waals surface area contributed by atoms with Crippen LogP contribution in [0.4, 0.5) is 0 Å². The largest absolute Gasteiger partial charge is 0.460 e. The summed E-state index contributed by atoms with van der Waals surface area (Å²) in [4.78, 5) is 12.2. The van der Waals surface area contributed by atoms with Crippen LogP contribution in [0.25, 0.3) is 0 Å². The lowest BCUT2D eigenvalue weighted by atomic mass is 10.0. The van der Waals surface area contributed by atoms with Gasteiger partial charge in [0.05, 0.1) is 24.9 Å². The lowest BCUT2D eigenvalue weighted by Gasteiger charge is -2.29. The molecule has 1 fully saturated rings. The van der Waals surface area contributed by atoms with Crippen molar-refractivity contribution < 1.29 is 23.7 Å². The van der Waals surface area contributed by atoms with E-state index in [-0.39, 0.29) is 17.7 Å². The van der Waals surface area contributed by atoms with Crippen LogP contribution in [0.15, 0.2) is 0 Å². The zero-order valence-corrected chi connectivity index (χ0v) is 21.3. The zero-order valence-electron chi connectivity index (χ0n) is 19.5. The van der Waals surface area contributed by atoms with E-state index >= 15 is 0 Å². The lowest BCUT2D eigenvalue weighted by molar-refractivity contribution is -0.159. The number of hydrogen-bond donors (Lipinski definition) is 2. The van der Waals surface area contributed by atoms with E-state index in [0.717, 1.165) is 57.3 Å². The molecule has 0 radical (unpaired) electrons. The van der Waals surface area contributed by atoms with Crippen molar-refractivity contribution in [1.82, 2.24) is 0 Å². The molecule has 7 heteroatoms. The van der Waals surface area contributed by atoms with Crippen molar-refractivity contribution in [2.75, 3.05) is 32.2 Å². The van der Waals surface area contributed by atoms with E-state index < -0.39 is 5.60 Å². The van der Waals surface area contributed by atoms with Crippen LogP contribution in [-0.4, -0.2) is 60.7 Å². The van der Waals surface area contributed by atoms with E-state index in [1.807, 2.05) is 13.8 Å². The van der Waals surface area contributed by atoms with Gasteiger partial charge in [0.15, 0.2) is 0 Å². The molecule has 0 aromatic rings. The third kappa shape index (κ3) is 14.2. The quantitative estimate of drug-likeness (QED) is 0.175. The molecule has 5 nitrogen and oxygen atoms in total.